The number of hydrogen-bond acceptors (Lipinski definition) is 5. The zero-order valence-corrected chi connectivity index (χ0v) is 10.00. The maximum absolute atomic E-state index is 12.8. The summed E-state index contributed by atoms with van der Waals surface area (Å²) in [6.07, 6.45) is 0.541. The number of oxazole rings is 1. The third kappa shape index (κ3) is 2.10. The Kier molecular flexibility index (Phi) is 2.68. The van der Waals surface area contributed by atoms with Crippen LogP contribution < -0.4 is 0 Å². The van der Waals surface area contributed by atoms with Gasteiger partial charge in [0, 0.05) is 12.4 Å². The molecule has 108 valence electrons. The fourth-order valence-corrected chi connectivity index (χ4v) is 1.77. The number of carbonyl (C=O) groups is 1. The minimum atomic E-state index is -4.93. The summed E-state index contributed by atoms with van der Waals surface area (Å²) in [5.74, 6) is -3.60. The SMILES string of the molecule is O=C(O)c1oc(-c2cnn3ccncc23)nc1C(F)(F)F. The van der Waals surface area contributed by atoms with Gasteiger partial charge in [0.15, 0.2) is 5.69 Å². The number of nitrogens with zero attached hydrogens (tertiary/aromatic N) is 4. The van der Waals surface area contributed by atoms with Crippen LogP contribution in [0.3, 0.4) is 0 Å². The van der Waals surface area contributed by atoms with E-state index in [1.54, 1.807) is 0 Å². The molecule has 0 aliphatic carbocycles. The number of fused-ring (bicyclic) bond motifs is 1. The fraction of sp³-hybridized carbons (Fsp3) is 0.0909. The molecular formula is C11H5F3N4O3. The molecule has 3 aromatic rings. The van der Waals surface area contributed by atoms with Crippen molar-refractivity contribution >= 4 is 11.5 Å². The lowest BCUT2D eigenvalue weighted by Crippen LogP contribution is -2.11. The van der Waals surface area contributed by atoms with E-state index in [4.69, 9.17) is 9.52 Å². The van der Waals surface area contributed by atoms with Crippen molar-refractivity contribution in [2.75, 3.05) is 0 Å². The Hall–Kier alpha value is -2.91. The maximum Gasteiger partial charge on any atom is 0.437 e. The van der Waals surface area contributed by atoms with Crippen LogP contribution in [-0.2, 0) is 6.18 Å². The molecule has 7 nitrogen and oxygen atoms in total. The molecular weight excluding hydrogens is 293 g/mol. The first-order valence-electron chi connectivity index (χ1n) is 5.47. The lowest BCUT2D eigenvalue weighted by Gasteiger charge is -2.00. The van der Waals surface area contributed by atoms with E-state index in [1.165, 1.54) is 29.3 Å². The quantitative estimate of drug-likeness (QED) is 0.778. The molecule has 0 saturated heterocycles. The van der Waals surface area contributed by atoms with E-state index in [0.29, 0.717) is 5.52 Å². The standard InChI is InChI=1S/C11H5F3N4O3/c12-11(13,14)8-7(10(19)20)21-9(17-8)5-3-16-18-2-1-15-4-6(5)18/h1-4H,(H,19,20). The molecule has 1 N–H and O–H groups in total. The predicted octanol–water partition coefficient (Wildman–Crippen LogP) is 2.10. The number of aromatic nitrogens is 4. The average Bonchev–Trinajstić information content (AvgIpc) is 3.01. The highest BCUT2D eigenvalue weighted by Gasteiger charge is 2.41. The largest absolute Gasteiger partial charge is 0.475 e. The summed E-state index contributed by atoms with van der Waals surface area (Å²) in [5, 5.41) is 12.7. The van der Waals surface area contributed by atoms with Crippen LogP contribution in [0.15, 0.2) is 29.2 Å². The summed E-state index contributed by atoms with van der Waals surface area (Å²) in [6.45, 7) is 0. The molecule has 3 rings (SSSR count). The molecule has 3 aromatic heterocycles. The highest BCUT2D eigenvalue weighted by molar-refractivity contribution is 5.87. The summed E-state index contributed by atoms with van der Waals surface area (Å²) >= 11 is 0. The minimum Gasteiger partial charge on any atom is -0.475 e. The smallest absolute Gasteiger partial charge is 0.437 e. The maximum atomic E-state index is 12.8. The van der Waals surface area contributed by atoms with Crippen LogP contribution in [0.1, 0.15) is 16.2 Å². The number of carboxylic acid groups (broad SMARTS) is 1. The Morgan fingerprint density at radius 2 is 2.10 bits per heavy atom. The van der Waals surface area contributed by atoms with Gasteiger partial charge in [-0.15, -0.1) is 0 Å². The van der Waals surface area contributed by atoms with Gasteiger partial charge in [-0.3, -0.25) is 4.98 Å². The zero-order valence-electron chi connectivity index (χ0n) is 10.00. The van der Waals surface area contributed by atoms with Crippen molar-refractivity contribution in [3.05, 3.63) is 36.2 Å². The summed E-state index contributed by atoms with van der Waals surface area (Å²) in [7, 11) is 0. The fourth-order valence-electron chi connectivity index (χ4n) is 1.77. The van der Waals surface area contributed by atoms with Gasteiger partial charge in [0.2, 0.25) is 11.7 Å². The van der Waals surface area contributed by atoms with Crippen LogP contribution in [0, 0.1) is 0 Å². The number of hydrogen-bond donors (Lipinski definition) is 1. The van der Waals surface area contributed by atoms with Crippen LogP contribution >= 0.6 is 0 Å². The molecule has 0 atom stereocenters. The van der Waals surface area contributed by atoms with Gasteiger partial charge in [-0.05, 0) is 0 Å². The molecule has 10 heteroatoms. The Bertz CT molecular complexity index is 837. The molecule has 0 spiro atoms. The first-order valence-corrected chi connectivity index (χ1v) is 5.47. The highest BCUT2D eigenvalue weighted by Crippen LogP contribution is 2.35. The molecule has 0 radical (unpaired) electrons. The molecule has 3 heterocycles. The lowest BCUT2D eigenvalue weighted by atomic mass is 10.3. The summed E-state index contributed by atoms with van der Waals surface area (Å²) in [5.41, 5.74) is -1.14. The zero-order chi connectivity index (χ0) is 15.2. The van der Waals surface area contributed by atoms with Gasteiger partial charge in [-0.2, -0.15) is 18.3 Å². The topological polar surface area (TPSA) is 93.5 Å². The van der Waals surface area contributed by atoms with Gasteiger partial charge in [-0.1, -0.05) is 0 Å². The van der Waals surface area contributed by atoms with E-state index >= 15 is 0 Å². The van der Waals surface area contributed by atoms with Crippen LogP contribution in [0.2, 0.25) is 0 Å². The van der Waals surface area contributed by atoms with Crippen LogP contribution in [0.5, 0.6) is 0 Å². The van der Waals surface area contributed by atoms with Gasteiger partial charge < -0.3 is 9.52 Å². The van der Waals surface area contributed by atoms with Gasteiger partial charge in [0.25, 0.3) is 0 Å². The predicted molar refractivity (Wildman–Crippen MR) is 60.4 cm³/mol. The molecule has 0 bridgehead atoms. The summed E-state index contributed by atoms with van der Waals surface area (Å²) in [4.78, 5) is 17.9. The molecule has 0 unspecified atom stereocenters. The summed E-state index contributed by atoms with van der Waals surface area (Å²) in [6, 6.07) is 0. The second-order valence-corrected chi connectivity index (χ2v) is 3.96. The lowest BCUT2D eigenvalue weighted by molar-refractivity contribution is -0.141. The Balaban J connectivity index is 2.22. The van der Waals surface area contributed by atoms with E-state index in [-0.39, 0.29) is 5.56 Å². The number of carboxylic acids is 1. The van der Waals surface area contributed by atoms with Gasteiger partial charge in [0.1, 0.15) is 0 Å². The van der Waals surface area contributed by atoms with Crippen molar-refractivity contribution in [2.45, 2.75) is 6.18 Å². The number of alkyl halides is 3. The van der Waals surface area contributed by atoms with Crippen LogP contribution in [0.25, 0.3) is 17.0 Å². The number of rotatable bonds is 2. The van der Waals surface area contributed by atoms with Gasteiger partial charge in [0.05, 0.1) is 23.5 Å². The molecule has 0 aromatic carbocycles. The first kappa shape index (κ1) is 13.1. The van der Waals surface area contributed by atoms with Crippen molar-refractivity contribution in [2.24, 2.45) is 0 Å². The summed E-state index contributed by atoms with van der Waals surface area (Å²) < 4.78 is 44.4. The van der Waals surface area contributed by atoms with E-state index in [2.05, 4.69) is 15.1 Å². The van der Waals surface area contributed by atoms with Gasteiger partial charge in [-0.25, -0.2) is 14.3 Å². The normalized spacial score (nSPS) is 12.0. The van der Waals surface area contributed by atoms with Crippen LogP contribution in [-0.4, -0.2) is 30.7 Å². The number of aromatic carboxylic acids is 1. The van der Waals surface area contributed by atoms with Crippen molar-refractivity contribution in [1.82, 2.24) is 19.6 Å². The molecule has 0 fully saturated rings. The number of halogens is 3. The average molecular weight is 298 g/mol. The molecule has 0 aliphatic heterocycles. The van der Waals surface area contributed by atoms with Crippen molar-refractivity contribution in [1.29, 1.82) is 0 Å². The monoisotopic (exact) mass is 298 g/mol. The van der Waals surface area contributed by atoms with Crippen molar-refractivity contribution < 1.29 is 27.5 Å². The highest BCUT2D eigenvalue weighted by atomic mass is 19.4. The van der Waals surface area contributed by atoms with E-state index in [0.717, 1.165) is 0 Å². The van der Waals surface area contributed by atoms with E-state index < -0.39 is 29.5 Å². The second-order valence-electron chi connectivity index (χ2n) is 3.96. The molecule has 0 saturated carbocycles. The van der Waals surface area contributed by atoms with Gasteiger partial charge >= 0.3 is 12.1 Å². The second kappa shape index (κ2) is 4.30. The third-order valence-corrected chi connectivity index (χ3v) is 2.65. The van der Waals surface area contributed by atoms with E-state index in [9.17, 15) is 18.0 Å². The van der Waals surface area contributed by atoms with Crippen molar-refractivity contribution in [3.63, 3.8) is 0 Å². The minimum absolute atomic E-state index is 0.112. The molecule has 0 aliphatic rings. The third-order valence-electron chi connectivity index (χ3n) is 2.65. The van der Waals surface area contributed by atoms with E-state index in [1.807, 2.05) is 0 Å². The Morgan fingerprint density at radius 1 is 1.33 bits per heavy atom. The molecule has 21 heavy (non-hydrogen) atoms. The molecule has 0 amide bonds. The van der Waals surface area contributed by atoms with Crippen LogP contribution in [0.4, 0.5) is 13.2 Å². The van der Waals surface area contributed by atoms with Crippen molar-refractivity contribution in [3.8, 4) is 11.5 Å². The first-order chi connectivity index (χ1) is 9.88. The Morgan fingerprint density at radius 3 is 2.71 bits per heavy atom. The Labute approximate surface area is 113 Å².